The van der Waals surface area contributed by atoms with Gasteiger partial charge in [0.05, 0.1) is 6.42 Å². The summed E-state index contributed by atoms with van der Waals surface area (Å²) in [5.74, 6) is 4.77. The lowest BCUT2D eigenvalue weighted by molar-refractivity contribution is -0.145. The molecule has 0 radical (unpaired) electrons. The van der Waals surface area contributed by atoms with Gasteiger partial charge in [-0.1, -0.05) is 0 Å². The van der Waals surface area contributed by atoms with Crippen molar-refractivity contribution < 1.29 is 14.7 Å². The maximum absolute atomic E-state index is 11.1. The third-order valence-electron chi connectivity index (χ3n) is 9.41. The molecule has 8 aliphatic carbocycles. The Balaban J connectivity index is 0.000000122. The van der Waals surface area contributed by atoms with Crippen LogP contribution in [0.2, 0.25) is 0 Å². The lowest BCUT2D eigenvalue weighted by Gasteiger charge is -2.56. The van der Waals surface area contributed by atoms with Gasteiger partial charge in [-0.25, -0.2) is 0 Å². The molecule has 0 saturated heterocycles. The van der Waals surface area contributed by atoms with E-state index in [9.17, 15) is 9.59 Å². The summed E-state index contributed by atoms with van der Waals surface area (Å²) in [6.45, 7) is 0. The van der Waals surface area contributed by atoms with Crippen LogP contribution in [0.4, 0.5) is 0 Å². The van der Waals surface area contributed by atoms with Crippen molar-refractivity contribution in [1.82, 2.24) is 0 Å². The Morgan fingerprint density at radius 3 is 1.18 bits per heavy atom. The van der Waals surface area contributed by atoms with Crippen LogP contribution in [0.3, 0.4) is 0 Å². The van der Waals surface area contributed by atoms with Crippen molar-refractivity contribution in [3.8, 4) is 0 Å². The minimum Gasteiger partial charge on any atom is -0.481 e. The van der Waals surface area contributed by atoms with Gasteiger partial charge in [0.25, 0.3) is 0 Å². The molecule has 0 aromatic carbocycles. The molecule has 8 aliphatic rings. The summed E-state index contributed by atoms with van der Waals surface area (Å²) in [5, 5.41) is 8.97. The average molecular weight is 388 g/mol. The van der Waals surface area contributed by atoms with E-state index >= 15 is 0 Å². The molecular weight excluding hydrogens is 350 g/mol. The summed E-state index contributed by atoms with van der Waals surface area (Å²) in [6, 6.07) is 0. The van der Waals surface area contributed by atoms with E-state index in [4.69, 9.17) is 10.8 Å². The SMILES string of the molecule is NC(=O)CC12CC3CC(CC(C3)C1)C2.O=C(O)CC12CC3CC(CC(C3)C1)C2. The average Bonchev–Trinajstić information content (AvgIpc) is 2.49. The molecule has 0 atom stereocenters. The number of hydrogen-bond acceptors (Lipinski definition) is 2. The first-order chi connectivity index (χ1) is 13.3. The highest BCUT2D eigenvalue weighted by Crippen LogP contribution is 2.62. The first-order valence-corrected chi connectivity index (χ1v) is 11.8. The highest BCUT2D eigenvalue weighted by atomic mass is 16.4. The van der Waals surface area contributed by atoms with Crippen LogP contribution >= 0.6 is 0 Å². The van der Waals surface area contributed by atoms with E-state index in [1.807, 2.05) is 0 Å². The van der Waals surface area contributed by atoms with Crippen molar-refractivity contribution in [1.29, 1.82) is 0 Å². The first kappa shape index (κ1) is 18.9. The van der Waals surface area contributed by atoms with Crippen molar-refractivity contribution in [2.45, 2.75) is 89.9 Å². The number of carboxylic acid groups (broad SMARTS) is 1. The van der Waals surface area contributed by atoms with E-state index in [1.54, 1.807) is 0 Å². The quantitative estimate of drug-likeness (QED) is 0.730. The predicted molar refractivity (Wildman–Crippen MR) is 107 cm³/mol. The summed E-state index contributed by atoms with van der Waals surface area (Å²) in [5.41, 5.74) is 5.95. The Morgan fingerprint density at radius 1 is 0.643 bits per heavy atom. The Bertz CT molecular complexity index is 528. The summed E-state index contributed by atoms with van der Waals surface area (Å²) in [4.78, 5) is 22.0. The number of hydrogen-bond donors (Lipinski definition) is 2. The number of aliphatic carboxylic acids is 1. The molecule has 1 amide bonds. The lowest BCUT2D eigenvalue weighted by Crippen LogP contribution is -2.47. The zero-order chi connectivity index (χ0) is 19.5. The van der Waals surface area contributed by atoms with Crippen LogP contribution in [-0.4, -0.2) is 17.0 Å². The van der Waals surface area contributed by atoms with Gasteiger partial charge in [0.1, 0.15) is 0 Å². The fourth-order valence-electron chi connectivity index (χ4n) is 9.70. The minimum absolute atomic E-state index is 0.0769. The lowest BCUT2D eigenvalue weighted by atomic mass is 9.49. The summed E-state index contributed by atoms with van der Waals surface area (Å²) < 4.78 is 0. The van der Waals surface area contributed by atoms with Gasteiger partial charge in [0, 0.05) is 6.42 Å². The van der Waals surface area contributed by atoms with Crippen molar-refractivity contribution in [2.24, 2.45) is 52.1 Å². The van der Waals surface area contributed by atoms with Crippen LogP contribution < -0.4 is 5.73 Å². The molecule has 8 bridgehead atoms. The van der Waals surface area contributed by atoms with Gasteiger partial charge in [0.15, 0.2) is 0 Å². The molecule has 0 heterocycles. The number of amides is 1. The minimum atomic E-state index is -0.577. The topological polar surface area (TPSA) is 80.4 Å². The normalized spacial score (nSPS) is 49.6. The standard InChI is InChI=1S/C12H19NO.C12H18O2/c2*13-11(14)7-12-4-8-1-9(5-12)3-10(2-8)6-12/h8-10H,1-7H2,(H2,13,14);8-10H,1-7H2,(H,13,14). The number of nitrogens with two attached hydrogens (primary N) is 1. The van der Waals surface area contributed by atoms with Crippen LogP contribution in [0.1, 0.15) is 89.9 Å². The van der Waals surface area contributed by atoms with Crippen LogP contribution in [-0.2, 0) is 9.59 Å². The molecule has 28 heavy (non-hydrogen) atoms. The number of rotatable bonds is 4. The number of carboxylic acids is 1. The largest absolute Gasteiger partial charge is 0.481 e. The first-order valence-electron chi connectivity index (χ1n) is 11.8. The number of primary amides is 1. The monoisotopic (exact) mass is 387 g/mol. The van der Waals surface area contributed by atoms with E-state index < -0.39 is 5.97 Å². The van der Waals surface area contributed by atoms with Crippen LogP contribution in [0.25, 0.3) is 0 Å². The molecule has 3 N–H and O–H groups in total. The summed E-state index contributed by atoms with van der Waals surface area (Å²) >= 11 is 0. The van der Waals surface area contributed by atoms with E-state index in [1.165, 1.54) is 77.0 Å². The fraction of sp³-hybridized carbons (Fsp3) is 0.917. The molecule has 4 heteroatoms. The molecule has 0 aliphatic heterocycles. The van der Waals surface area contributed by atoms with Gasteiger partial charge in [-0.2, -0.15) is 0 Å². The Kier molecular flexibility index (Phi) is 4.56. The Labute approximate surface area is 169 Å². The molecule has 0 aromatic heterocycles. The summed E-state index contributed by atoms with van der Waals surface area (Å²) in [6.07, 6.45) is 17.2. The summed E-state index contributed by atoms with van der Waals surface area (Å²) in [7, 11) is 0. The molecular formula is C24H37NO3. The Morgan fingerprint density at radius 2 is 0.929 bits per heavy atom. The third kappa shape index (κ3) is 3.61. The zero-order valence-electron chi connectivity index (χ0n) is 17.2. The Hall–Kier alpha value is -1.06. The van der Waals surface area contributed by atoms with Crippen LogP contribution in [0.5, 0.6) is 0 Å². The van der Waals surface area contributed by atoms with Crippen molar-refractivity contribution in [3.63, 3.8) is 0 Å². The van der Waals surface area contributed by atoms with E-state index in [-0.39, 0.29) is 11.3 Å². The van der Waals surface area contributed by atoms with E-state index in [0.29, 0.717) is 18.3 Å². The zero-order valence-corrected chi connectivity index (χ0v) is 17.2. The molecule has 8 rings (SSSR count). The van der Waals surface area contributed by atoms with E-state index in [0.717, 1.165) is 35.5 Å². The van der Waals surface area contributed by atoms with Gasteiger partial charge in [-0.3, -0.25) is 9.59 Å². The van der Waals surface area contributed by atoms with Gasteiger partial charge in [-0.15, -0.1) is 0 Å². The second-order valence-electron chi connectivity index (χ2n) is 12.0. The maximum atomic E-state index is 11.1. The molecule has 156 valence electrons. The van der Waals surface area contributed by atoms with Crippen molar-refractivity contribution in [3.05, 3.63) is 0 Å². The second kappa shape index (κ2) is 6.74. The highest BCUT2D eigenvalue weighted by Gasteiger charge is 2.52. The smallest absolute Gasteiger partial charge is 0.303 e. The molecule has 0 aromatic rings. The van der Waals surface area contributed by atoms with Gasteiger partial charge >= 0.3 is 5.97 Å². The third-order valence-corrected chi connectivity index (χ3v) is 9.41. The molecule has 8 fully saturated rings. The number of carbonyl (C=O) groups excluding carboxylic acids is 1. The molecule has 0 unspecified atom stereocenters. The van der Waals surface area contributed by atoms with Gasteiger partial charge < -0.3 is 10.8 Å². The molecule has 4 nitrogen and oxygen atoms in total. The molecule has 8 saturated carbocycles. The van der Waals surface area contributed by atoms with Crippen molar-refractivity contribution in [2.75, 3.05) is 0 Å². The molecule has 0 spiro atoms. The predicted octanol–water partition coefficient (Wildman–Crippen LogP) is 4.76. The fourth-order valence-corrected chi connectivity index (χ4v) is 9.70. The van der Waals surface area contributed by atoms with Gasteiger partial charge in [0.2, 0.25) is 5.91 Å². The maximum Gasteiger partial charge on any atom is 0.303 e. The van der Waals surface area contributed by atoms with Crippen LogP contribution in [0, 0.1) is 46.3 Å². The second-order valence-corrected chi connectivity index (χ2v) is 12.0. The highest BCUT2D eigenvalue weighted by molar-refractivity contribution is 5.74. The van der Waals surface area contributed by atoms with Crippen LogP contribution in [0.15, 0.2) is 0 Å². The van der Waals surface area contributed by atoms with Gasteiger partial charge in [-0.05, 0) is 123 Å². The van der Waals surface area contributed by atoms with Crippen molar-refractivity contribution >= 4 is 11.9 Å². The van der Waals surface area contributed by atoms with E-state index in [2.05, 4.69) is 0 Å². The number of carbonyl (C=O) groups is 2.